The quantitative estimate of drug-likeness (QED) is 0.813. The van der Waals surface area contributed by atoms with Crippen LogP contribution in [0.15, 0.2) is 17.0 Å². The number of halogens is 3. The molecule has 0 aliphatic carbocycles. The molecule has 1 aliphatic rings. The summed E-state index contributed by atoms with van der Waals surface area (Å²) >= 11 is 11.2. The van der Waals surface area contributed by atoms with Gasteiger partial charge < -0.3 is 9.84 Å². The van der Waals surface area contributed by atoms with Gasteiger partial charge in [-0.25, -0.2) is 17.5 Å². The summed E-state index contributed by atoms with van der Waals surface area (Å²) in [5.74, 6) is -1.00. The van der Waals surface area contributed by atoms with Gasteiger partial charge in [0.15, 0.2) is 5.82 Å². The molecular weight excluding hydrogens is 332 g/mol. The minimum atomic E-state index is -4.05. The fourth-order valence-electron chi connectivity index (χ4n) is 1.76. The molecule has 2 rings (SSSR count). The lowest BCUT2D eigenvalue weighted by atomic mass is 10.1. The van der Waals surface area contributed by atoms with E-state index >= 15 is 0 Å². The molecule has 1 aliphatic heterocycles. The maximum absolute atomic E-state index is 13.5. The van der Waals surface area contributed by atoms with E-state index in [1.807, 2.05) is 0 Å². The van der Waals surface area contributed by atoms with Crippen LogP contribution in [0.4, 0.5) is 4.39 Å². The van der Waals surface area contributed by atoms with Crippen LogP contribution in [-0.2, 0) is 14.8 Å². The maximum atomic E-state index is 13.5. The van der Waals surface area contributed by atoms with Crippen molar-refractivity contribution in [2.75, 3.05) is 19.8 Å². The fourth-order valence-corrected chi connectivity index (χ4v) is 3.62. The molecular formula is C11H12Cl2FNO4S. The van der Waals surface area contributed by atoms with Crippen LogP contribution in [0, 0.1) is 5.82 Å². The summed E-state index contributed by atoms with van der Waals surface area (Å²) < 4.78 is 44.8. The van der Waals surface area contributed by atoms with Crippen molar-refractivity contribution in [1.29, 1.82) is 0 Å². The molecule has 1 atom stereocenters. The van der Waals surface area contributed by atoms with Gasteiger partial charge in [0.2, 0.25) is 10.0 Å². The summed E-state index contributed by atoms with van der Waals surface area (Å²) in [4.78, 5) is -0.427. The highest BCUT2D eigenvalue weighted by atomic mass is 35.5. The molecule has 9 heteroatoms. The Labute approximate surface area is 125 Å². The van der Waals surface area contributed by atoms with Crippen molar-refractivity contribution in [2.45, 2.75) is 16.9 Å². The lowest BCUT2D eigenvalue weighted by molar-refractivity contribution is 0.0314. The van der Waals surface area contributed by atoms with Crippen molar-refractivity contribution >= 4 is 33.2 Å². The summed E-state index contributed by atoms with van der Waals surface area (Å²) in [6, 6.07) is 2.20. The number of nitrogens with one attached hydrogen (secondary N) is 1. The van der Waals surface area contributed by atoms with Crippen molar-refractivity contribution in [3.63, 3.8) is 0 Å². The van der Waals surface area contributed by atoms with E-state index in [0.717, 1.165) is 12.1 Å². The summed E-state index contributed by atoms with van der Waals surface area (Å²) in [6.07, 6.45) is 0.318. The van der Waals surface area contributed by atoms with Gasteiger partial charge in [-0.15, -0.1) is 0 Å². The van der Waals surface area contributed by atoms with Crippen molar-refractivity contribution in [2.24, 2.45) is 0 Å². The first kappa shape index (κ1) is 15.9. The molecule has 5 nitrogen and oxygen atoms in total. The highest BCUT2D eigenvalue weighted by molar-refractivity contribution is 7.89. The molecule has 1 aromatic rings. The van der Waals surface area contributed by atoms with Crippen LogP contribution in [-0.4, -0.2) is 38.9 Å². The van der Waals surface area contributed by atoms with Crippen molar-refractivity contribution < 1.29 is 22.7 Å². The monoisotopic (exact) mass is 343 g/mol. The first-order valence-corrected chi connectivity index (χ1v) is 7.92. The summed E-state index contributed by atoms with van der Waals surface area (Å²) in [5.41, 5.74) is -1.26. The van der Waals surface area contributed by atoms with Crippen LogP contribution >= 0.6 is 23.2 Å². The number of sulfonamides is 1. The lowest BCUT2D eigenvalue weighted by Crippen LogP contribution is -2.43. The predicted octanol–water partition coefficient (Wildman–Crippen LogP) is 1.56. The molecule has 1 saturated heterocycles. The average Bonchev–Trinajstić information content (AvgIpc) is 2.81. The van der Waals surface area contributed by atoms with Gasteiger partial charge in [0.05, 0.1) is 16.7 Å². The zero-order valence-corrected chi connectivity index (χ0v) is 12.5. The average molecular weight is 344 g/mol. The van der Waals surface area contributed by atoms with E-state index in [2.05, 4.69) is 4.72 Å². The number of hydrogen-bond donors (Lipinski definition) is 2. The van der Waals surface area contributed by atoms with E-state index in [4.69, 9.17) is 27.9 Å². The standard InChI is InChI=1S/C11H12Cl2FNO4S/c12-7-1-2-8(9(13)10(7)14)20(17,18)15-5-11(16)3-4-19-6-11/h1-2,15-16H,3-6H2. The second-order valence-corrected chi connectivity index (χ2v) is 7.05. The first-order valence-electron chi connectivity index (χ1n) is 5.68. The Balaban J connectivity index is 2.21. The Bertz CT molecular complexity index is 617. The van der Waals surface area contributed by atoms with Gasteiger partial charge in [-0.05, 0) is 12.1 Å². The van der Waals surface area contributed by atoms with E-state index < -0.39 is 31.4 Å². The van der Waals surface area contributed by atoms with Gasteiger partial charge in [-0.3, -0.25) is 0 Å². The van der Waals surface area contributed by atoms with Crippen LogP contribution in [0.3, 0.4) is 0 Å². The third kappa shape index (κ3) is 3.24. The summed E-state index contributed by atoms with van der Waals surface area (Å²) in [7, 11) is -4.05. The van der Waals surface area contributed by atoms with E-state index in [1.165, 1.54) is 0 Å². The van der Waals surface area contributed by atoms with Gasteiger partial charge in [-0.1, -0.05) is 23.2 Å². The predicted molar refractivity (Wildman–Crippen MR) is 72.0 cm³/mol. The molecule has 0 radical (unpaired) electrons. The molecule has 0 aromatic heterocycles. The van der Waals surface area contributed by atoms with E-state index in [-0.39, 0.29) is 18.2 Å². The summed E-state index contributed by atoms with van der Waals surface area (Å²) in [5, 5.41) is 9.14. The van der Waals surface area contributed by atoms with Crippen molar-refractivity contribution in [3.8, 4) is 0 Å². The Morgan fingerprint density at radius 1 is 1.45 bits per heavy atom. The maximum Gasteiger partial charge on any atom is 0.242 e. The normalized spacial score (nSPS) is 23.2. The zero-order valence-electron chi connectivity index (χ0n) is 10.2. The molecule has 2 N–H and O–H groups in total. The van der Waals surface area contributed by atoms with Crippen LogP contribution < -0.4 is 4.72 Å². The topological polar surface area (TPSA) is 75.6 Å². The lowest BCUT2D eigenvalue weighted by Gasteiger charge is -2.20. The van der Waals surface area contributed by atoms with Crippen LogP contribution in [0.25, 0.3) is 0 Å². The Morgan fingerprint density at radius 2 is 2.15 bits per heavy atom. The highest BCUT2D eigenvalue weighted by Gasteiger charge is 2.34. The minimum absolute atomic E-state index is 0.0399. The Kier molecular flexibility index (Phi) is 4.58. The molecule has 0 spiro atoms. The molecule has 1 aromatic carbocycles. The number of ether oxygens (including phenoxy) is 1. The third-order valence-corrected chi connectivity index (χ3v) is 5.18. The number of rotatable bonds is 4. The van der Waals surface area contributed by atoms with Crippen LogP contribution in [0.2, 0.25) is 10.0 Å². The van der Waals surface area contributed by atoms with Gasteiger partial charge in [0, 0.05) is 19.6 Å². The van der Waals surface area contributed by atoms with Crippen molar-refractivity contribution in [3.05, 3.63) is 28.0 Å². The minimum Gasteiger partial charge on any atom is -0.386 e. The van der Waals surface area contributed by atoms with Crippen LogP contribution in [0.5, 0.6) is 0 Å². The SMILES string of the molecule is O=S(=O)(NCC1(O)CCOC1)c1ccc(Cl)c(F)c1Cl. The van der Waals surface area contributed by atoms with Crippen LogP contribution in [0.1, 0.15) is 6.42 Å². The molecule has 0 saturated carbocycles. The second-order valence-electron chi connectivity index (χ2n) is 4.52. The van der Waals surface area contributed by atoms with Crippen molar-refractivity contribution in [1.82, 2.24) is 4.72 Å². The van der Waals surface area contributed by atoms with E-state index in [9.17, 15) is 17.9 Å². The molecule has 112 valence electrons. The zero-order chi connectivity index (χ0) is 15.0. The number of benzene rings is 1. The molecule has 20 heavy (non-hydrogen) atoms. The molecule has 1 fully saturated rings. The fraction of sp³-hybridized carbons (Fsp3) is 0.455. The highest BCUT2D eigenvalue weighted by Crippen LogP contribution is 2.29. The molecule has 1 heterocycles. The molecule has 0 bridgehead atoms. The third-order valence-electron chi connectivity index (χ3n) is 2.96. The summed E-state index contributed by atoms with van der Waals surface area (Å²) in [6.45, 7) is 0.155. The molecule has 0 amide bonds. The second kappa shape index (κ2) is 5.75. The Morgan fingerprint density at radius 3 is 2.75 bits per heavy atom. The van der Waals surface area contributed by atoms with E-state index in [0.29, 0.717) is 13.0 Å². The first-order chi connectivity index (χ1) is 9.25. The van der Waals surface area contributed by atoms with E-state index in [1.54, 1.807) is 0 Å². The van der Waals surface area contributed by atoms with Gasteiger partial charge in [0.25, 0.3) is 0 Å². The Hall–Kier alpha value is -0.440. The smallest absolute Gasteiger partial charge is 0.242 e. The number of aliphatic hydroxyl groups is 1. The molecule has 1 unspecified atom stereocenters. The van der Waals surface area contributed by atoms with Gasteiger partial charge in [-0.2, -0.15) is 0 Å². The van der Waals surface area contributed by atoms with Gasteiger partial charge >= 0.3 is 0 Å². The van der Waals surface area contributed by atoms with Gasteiger partial charge in [0.1, 0.15) is 10.5 Å². The largest absolute Gasteiger partial charge is 0.386 e. The number of hydrogen-bond acceptors (Lipinski definition) is 4.